The average Bonchev–Trinajstić information content (AvgIpc) is 2.29. The number of hydrazone groups is 1. The fourth-order valence-electron chi connectivity index (χ4n) is 1.39. The van der Waals surface area contributed by atoms with Crippen molar-refractivity contribution >= 4 is 6.21 Å². The third-order valence-electron chi connectivity index (χ3n) is 2.25. The molecule has 15 heavy (non-hydrogen) atoms. The lowest BCUT2D eigenvalue weighted by molar-refractivity contribution is 0.0397. The maximum atomic E-state index is 13.2. The summed E-state index contributed by atoms with van der Waals surface area (Å²) in [6.07, 6.45) is 1.56. The molecule has 3 nitrogen and oxygen atoms in total. The van der Waals surface area contributed by atoms with E-state index in [1.165, 1.54) is 6.07 Å². The fraction of sp³-hybridized carbons (Fsp3) is 0.364. The Morgan fingerprint density at radius 3 is 2.73 bits per heavy atom. The lowest BCUT2D eigenvalue weighted by atomic mass is 10.2. The van der Waals surface area contributed by atoms with E-state index in [2.05, 4.69) is 5.10 Å². The molecule has 0 bridgehead atoms. The molecule has 0 amide bonds. The van der Waals surface area contributed by atoms with Crippen molar-refractivity contribution in [1.29, 1.82) is 0 Å². The SMILES string of the molecule is Fc1ccccc1/C=N\N1CCOCC1. The zero-order chi connectivity index (χ0) is 10.5. The summed E-state index contributed by atoms with van der Waals surface area (Å²) >= 11 is 0. The van der Waals surface area contributed by atoms with Crippen molar-refractivity contribution in [3.05, 3.63) is 35.6 Å². The highest BCUT2D eigenvalue weighted by Gasteiger charge is 2.06. The molecule has 0 unspecified atom stereocenters. The second-order valence-electron chi connectivity index (χ2n) is 3.33. The standard InChI is InChI=1S/C11H13FN2O/c12-11-4-2-1-3-10(11)9-13-14-5-7-15-8-6-14/h1-4,9H,5-8H2/b13-9-. The Bertz CT molecular complexity index is 348. The van der Waals surface area contributed by atoms with E-state index in [1.807, 2.05) is 5.01 Å². The Morgan fingerprint density at radius 1 is 1.27 bits per heavy atom. The van der Waals surface area contributed by atoms with E-state index in [1.54, 1.807) is 24.4 Å². The van der Waals surface area contributed by atoms with Gasteiger partial charge < -0.3 is 4.74 Å². The van der Waals surface area contributed by atoms with E-state index < -0.39 is 0 Å². The van der Waals surface area contributed by atoms with Crippen molar-refractivity contribution in [2.45, 2.75) is 0 Å². The second-order valence-corrected chi connectivity index (χ2v) is 3.33. The molecule has 1 saturated heterocycles. The molecule has 0 aromatic heterocycles. The van der Waals surface area contributed by atoms with Gasteiger partial charge in [-0.25, -0.2) is 4.39 Å². The monoisotopic (exact) mass is 208 g/mol. The zero-order valence-corrected chi connectivity index (χ0v) is 8.40. The van der Waals surface area contributed by atoms with Gasteiger partial charge in [0, 0.05) is 5.56 Å². The fourth-order valence-corrected chi connectivity index (χ4v) is 1.39. The van der Waals surface area contributed by atoms with Crippen LogP contribution in [0, 0.1) is 5.82 Å². The minimum Gasteiger partial charge on any atom is -0.378 e. The van der Waals surface area contributed by atoms with Crippen LogP contribution in [0.3, 0.4) is 0 Å². The first-order valence-corrected chi connectivity index (χ1v) is 4.97. The molecule has 0 atom stereocenters. The van der Waals surface area contributed by atoms with E-state index in [-0.39, 0.29) is 5.82 Å². The molecular formula is C11H13FN2O. The Balaban J connectivity index is 2.01. The normalized spacial score (nSPS) is 17.3. The minimum atomic E-state index is -0.241. The van der Waals surface area contributed by atoms with Gasteiger partial charge in [-0.05, 0) is 6.07 Å². The Labute approximate surface area is 88.2 Å². The van der Waals surface area contributed by atoms with Crippen LogP contribution in [0.1, 0.15) is 5.56 Å². The van der Waals surface area contributed by atoms with Gasteiger partial charge in [-0.15, -0.1) is 0 Å². The summed E-state index contributed by atoms with van der Waals surface area (Å²) in [5.74, 6) is -0.241. The Hall–Kier alpha value is -1.42. The third-order valence-corrected chi connectivity index (χ3v) is 2.25. The number of hydrogen-bond acceptors (Lipinski definition) is 3. The number of ether oxygens (including phenoxy) is 1. The van der Waals surface area contributed by atoms with Crippen LogP contribution < -0.4 is 0 Å². The Morgan fingerprint density at radius 2 is 2.00 bits per heavy atom. The minimum absolute atomic E-state index is 0.241. The average molecular weight is 208 g/mol. The molecule has 0 aliphatic carbocycles. The summed E-state index contributed by atoms with van der Waals surface area (Å²) in [6, 6.07) is 6.60. The van der Waals surface area contributed by atoms with Crippen LogP contribution in [0.4, 0.5) is 4.39 Å². The largest absolute Gasteiger partial charge is 0.378 e. The molecule has 0 spiro atoms. The van der Waals surface area contributed by atoms with Gasteiger partial charge in [0.1, 0.15) is 5.82 Å². The molecule has 1 heterocycles. The van der Waals surface area contributed by atoms with Crippen LogP contribution in [-0.2, 0) is 4.74 Å². The summed E-state index contributed by atoms with van der Waals surface area (Å²) in [5.41, 5.74) is 0.518. The van der Waals surface area contributed by atoms with Crippen molar-refractivity contribution in [3.63, 3.8) is 0 Å². The van der Waals surface area contributed by atoms with Gasteiger partial charge in [0.2, 0.25) is 0 Å². The number of benzene rings is 1. The van der Waals surface area contributed by atoms with E-state index in [0.717, 1.165) is 13.1 Å². The highest BCUT2D eigenvalue weighted by molar-refractivity contribution is 5.79. The van der Waals surface area contributed by atoms with Crippen LogP contribution in [-0.4, -0.2) is 37.5 Å². The van der Waals surface area contributed by atoms with Crippen molar-refractivity contribution in [1.82, 2.24) is 5.01 Å². The summed E-state index contributed by atoms with van der Waals surface area (Å²) in [7, 11) is 0. The van der Waals surface area contributed by atoms with Crippen LogP contribution in [0.2, 0.25) is 0 Å². The van der Waals surface area contributed by atoms with Gasteiger partial charge in [0.15, 0.2) is 0 Å². The predicted molar refractivity (Wildman–Crippen MR) is 56.4 cm³/mol. The van der Waals surface area contributed by atoms with Gasteiger partial charge in [-0.2, -0.15) is 5.10 Å². The molecule has 2 rings (SSSR count). The number of nitrogens with zero attached hydrogens (tertiary/aromatic N) is 2. The number of morpholine rings is 1. The molecule has 1 fully saturated rings. The molecule has 4 heteroatoms. The van der Waals surface area contributed by atoms with Crippen LogP contribution in [0.15, 0.2) is 29.4 Å². The maximum absolute atomic E-state index is 13.2. The highest BCUT2D eigenvalue weighted by atomic mass is 19.1. The Kier molecular flexibility index (Phi) is 3.29. The molecule has 0 saturated carbocycles. The summed E-state index contributed by atoms with van der Waals surface area (Å²) in [4.78, 5) is 0. The molecule has 1 aromatic carbocycles. The van der Waals surface area contributed by atoms with Gasteiger partial charge in [-0.3, -0.25) is 5.01 Å². The summed E-state index contributed by atoms with van der Waals surface area (Å²) < 4.78 is 18.4. The molecule has 80 valence electrons. The van der Waals surface area contributed by atoms with Crippen molar-refractivity contribution in [2.24, 2.45) is 5.10 Å². The van der Waals surface area contributed by atoms with Gasteiger partial charge >= 0.3 is 0 Å². The first kappa shape index (κ1) is 10.1. The molecule has 0 N–H and O–H groups in total. The third kappa shape index (κ3) is 2.76. The number of halogens is 1. The number of hydrogen-bond donors (Lipinski definition) is 0. The van der Waals surface area contributed by atoms with E-state index in [4.69, 9.17) is 4.74 Å². The maximum Gasteiger partial charge on any atom is 0.132 e. The van der Waals surface area contributed by atoms with Crippen LogP contribution >= 0.6 is 0 Å². The summed E-state index contributed by atoms with van der Waals surface area (Å²) in [6.45, 7) is 2.92. The van der Waals surface area contributed by atoms with Crippen LogP contribution in [0.5, 0.6) is 0 Å². The molecule has 1 aromatic rings. The highest BCUT2D eigenvalue weighted by Crippen LogP contribution is 2.04. The number of rotatable bonds is 2. The van der Waals surface area contributed by atoms with Crippen LogP contribution in [0.25, 0.3) is 0 Å². The first-order valence-electron chi connectivity index (χ1n) is 4.97. The second kappa shape index (κ2) is 4.89. The predicted octanol–water partition coefficient (Wildman–Crippen LogP) is 1.49. The van der Waals surface area contributed by atoms with E-state index in [9.17, 15) is 4.39 Å². The first-order chi connectivity index (χ1) is 7.36. The zero-order valence-electron chi connectivity index (χ0n) is 8.40. The quantitative estimate of drug-likeness (QED) is 0.688. The van der Waals surface area contributed by atoms with Crippen molar-refractivity contribution < 1.29 is 9.13 Å². The lowest BCUT2D eigenvalue weighted by Crippen LogP contribution is -2.32. The molecule has 0 radical (unpaired) electrons. The molecule has 1 aliphatic heterocycles. The molecule has 1 aliphatic rings. The topological polar surface area (TPSA) is 24.8 Å². The van der Waals surface area contributed by atoms with E-state index >= 15 is 0 Å². The van der Waals surface area contributed by atoms with Gasteiger partial charge in [-0.1, -0.05) is 18.2 Å². The van der Waals surface area contributed by atoms with E-state index in [0.29, 0.717) is 18.8 Å². The summed E-state index contributed by atoms with van der Waals surface area (Å²) in [5, 5.41) is 6.09. The molecular weight excluding hydrogens is 195 g/mol. The van der Waals surface area contributed by atoms with Crippen molar-refractivity contribution in [2.75, 3.05) is 26.3 Å². The van der Waals surface area contributed by atoms with Gasteiger partial charge in [0.05, 0.1) is 32.5 Å². The van der Waals surface area contributed by atoms with Gasteiger partial charge in [0.25, 0.3) is 0 Å². The lowest BCUT2D eigenvalue weighted by Gasteiger charge is -2.23. The smallest absolute Gasteiger partial charge is 0.132 e. The van der Waals surface area contributed by atoms with Crippen molar-refractivity contribution in [3.8, 4) is 0 Å².